The van der Waals surface area contributed by atoms with E-state index in [2.05, 4.69) is 46.9 Å². The van der Waals surface area contributed by atoms with E-state index in [1.54, 1.807) is 6.07 Å². The van der Waals surface area contributed by atoms with Gasteiger partial charge in [0.25, 0.3) is 12.4 Å². The fourth-order valence-corrected chi connectivity index (χ4v) is 3.63. The summed E-state index contributed by atoms with van der Waals surface area (Å²) in [5, 5.41) is 12.7. The molecule has 0 aliphatic heterocycles. The molecule has 0 aliphatic carbocycles. The number of ether oxygens (including phenoxy) is 1. The minimum absolute atomic E-state index is 0.0543. The Morgan fingerprint density at radius 1 is 1.19 bits per heavy atom. The third-order valence-corrected chi connectivity index (χ3v) is 4.88. The number of halogens is 1. The predicted octanol–water partition coefficient (Wildman–Crippen LogP) is 6.16. The van der Waals surface area contributed by atoms with E-state index in [-0.39, 0.29) is 12.6 Å². The first-order valence-electron chi connectivity index (χ1n) is 10.3. The zero-order valence-corrected chi connectivity index (χ0v) is 19.2. The highest BCUT2D eigenvalue weighted by Crippen LogP contribution is 2.33. The summed E-state index contributed by atoms with van der Waals surface area (Å²) in [7, 11) is 0. The molecule has 168 valence electrons. The monoisotopic (exact) mass is 455 g/mol. The maximum absolute atomic E-state index is 8.36. The van der Waals surface area contributed by atoms with Gasteiger partial charge in [-0.05, 0) is 56.2 Å². The first-order chi connectivity index (χ1) is 15.3. The van der Waals surface area contributed by atoms with Gasteiger partial charge in [-0.1, -0.05) is 36.7 Å². The quantitative estimate of drug-likeness (QED) is 0.350. The number of rotatable bonds is 6. The largest absolute Gasteiger partial charge is 0.489 e. The van der Waals surface area contributed by atoms with Crippen molar-refractivity contribution in [1.82, 2.24) is 14.7 Å². The van der Waals surface area contributed by atoms with Gasteiger partial charge in [0.1, 0.15) is 5.75 Å². The van der Waals surface area contributed by atoms with Gasteiger partial charge >= 0.3 is 0 Å². The van der Waals surface area contributed by atoms with Gasteiger partial charge in [0.05, 0.1) is 11.1 Å². The average Bonchev–Trinajstić information content (AvgIpc) is 3.37. The smallest absolute Gasteiger partial charge is 0.290 e. The Morgan fingerprint density at radius 2 is 1.94 bits per heavy atom. The average molecular weight is 456 g/mol. The minimum atomic E-state index is -0.250. The number of hydrogen-bond acceptors (Lipinski definition) is 5. The van der Waals surface area contributed by atoms with E-state index in [1.807, 2.05) is 38.1 Å². The van der Waals surface area contributed by atoms with Crippen molar-refractivity contribution < 1.29 is 19.2 Å². The summed E-state index contributed by atoms with van der Waals surface area (Å²) >= 11 is 6.36. The Balaban J connectivity index is 0.000000913. The Kier molecular flexibility index (Phi) is 7.53. The third kappa shape index (κ3) is 5.29. The van der Waals surface area contributed by atoms with Gasteiger partial charge in [-0.3, -0.25) is 4.79 Å². The molecule has 0 spiro atoms. The second-order valence-corrected chi connectivity index (χ2v) is 8.35. The standard InChI is InChI=1S/C23H24ClN3O2.CH2O2/c1-14(2)13-27-11-10-17-18(6-5-7-20(17)27)23-25-22(26-29-23)16-8-9-21(19(24)12-16)28-15(3)4;2-1-3/h5-12,14-15H,13H2,1-4H3;1H,(H,2,3). The Hall–Kier alpha value is -3.32. The molecule has 4 rings (SSSR count). The van der Waals surface area contributed by atoms with Crippen LogP contribution in [0.2, 0.25) is 5.02 Å². The Morgan fingerprint density at radius 3 is 2.59 bits per heavy atom. The van der Waals surface area contributed by atoms with E-state index in [0.717, 1.165) is 28.6 Å². The molecule has 7 nitrogen and oxygen atoms in total. The lowest BCUT2D eigenvalue weighted by Gasteiger charge is -2.11. The third-order valence-electron chi connectivity index (χ3n) is 4.58. The van der Waals surface area contributed by atoms with Crippen LogP contribution in [0.1, 0.15) is 27.7 Å². The predicted molar refractivity (Wildman–Crippen MR) is 125 cm³/mol. The van der Waals surface area contributed by atoms with Crippen LogP contribution in [0.3, 0.4) is 0 Å². The van der Waals surface area contributed by atoms with E-state index in [4.69, 9.17) is 30.8 Å². The van der Waals surface area contributed by atoms with Crippen LogP contribution in [0.4, 0.5) is 0 Å². The SMILES string of the molecule is CC(C)Cn1ccc2c(-c3nc(-c4ccc(OC(C)C)c(Cl)c4)no3)cccc21.O=CO. The molecule has 4 aromatic rings. The zero-order chi connectivity index (χ0) is 23.3. The van der Waals surface area contributed by atoms with Gasteiger partial charge in [0.2, 0.25) is 5.82 Å². The lowest BCUT2D eigenvalue weighted by Crippen LogP contribution is -2.05. The second kappa shape index (κ2) is 10.3. The van der Waals surface area contributed by atoms with E-state index >= 15 is 0 Å². The lowest BCUT2D eigenvalue weighted by molar-refractivity contribution is -0.122. The van der Waals surface area contributed by atoms with Crippen molar-refractivity contribution in [2.75, 3.05) is 0 Å². The molecule has 8 heteroatoms. The summed E-state index contributed by atoms with van der Waals surface area (Å²) < 4.78 is 13.5. The number of hydrogen-bond donors (Lipinski definition) is 1. The Bertz CT molecular complexity index is 1200. The molecule has 2 heterocycles. The molecule has 1 N–H and O–H groups in total. The summed E-state index contributed by atoms with van der Waals surface area (Å²) in [5.41, 5.74) is 2.87. The summed E-state index contributed by atoms with van der Waals surface area (Å²) in [4.78, 5) is 13.0. The van der Waals surface area contributed by atoms with Gasteiger partial charge < -0.3 is 18.9 Å². The summed E-state index contributed by atoms with van der Waals surface area (Å²) in [6.07, 6.45) is 2.16. The van der Waals surface area contributed by atoms with Crippen molar-refractivity contribution in [2.45, 2.75) is 40.3 Å². The molecule has 0 aliphatic rings. The van der Waals surface area contributed by atoms with Crippen molar-refractivity contribution in [3.8, 4) is 28.6 Å². The van der Waals surface area contributed by atoms with Gasteiger partial charge in [-0.2, -0.15) is 4.98 Å². The van der Waals surface area contributed by atoms with E-state index in [0.29, 0.717) is 28.4 Å². The molecule has 2 aromatic heterocycles. The minimum Gasteiger partial charge on any atom is -0.489 e. The maximum atomic E-state index is 8.36. The van der Waals surface area contributed by atoms with Crippen LogP contribution in [0.15, 0.2) is 53.2 Å². The van der Waals surface area contributed by atoms with E-state index in [1.165, 1.54) is 0 Å². The number of carboxylic acid groups (broad SMARTS) is 1. The zero-order valence-electron chi connectivity index (χ0n) is 18.4. The molecule has 32 heavy (non-hydrogen) atoms. The fourth-order valence-electron chi connectivity index (χ4n) is 3.40. The van der Waals surface area contributed by atoms with Crippen LogP contribution >= 0.6 is 11.6 Å². The van der Waals surface area contributed by atoms with Crippen LogP contribution in [0, 0.1) is 5.92 Å². The van der Waals surface area contributed by atoms with Gasteiger partial charge in [0.15, 0.2) is 0 Å². The molecule has 0 fully saturated rings. The van der Waals surface area contributed by atoms with Crippen molar-refractivity contribution in [3.05, 3.63) is 53.7 Å². The fraction of sp³-hybridized carbons (Fsp3) is 0.292. The van der Waals surface area contributed by atoms with Crippen LogP contribution < -0.4 is 4.74 Å². The molecule has 0 bridgehead atoms. The van der Waals surface area contributed by atoms with Crippen molar-refractivity contribution in [1.29, 1.82) is 0 Å². The van der Waals surface area contributed by atoms with E-state index < -0.39 is 0 Å². The van der Waals surface area contributed by atoms with Crippen LogP contribution in [0.25, 0.3) is 33.7 Å². The van der Waals surface area contributed by atoms with Crippen LogP contribution in [-0.4, -0.2) is 32.4 Å². The van der Waals surface area contributed by atoms with Gasteiger partial charge in [0, 0.05) is 34.8 Å². The van der Waals surface area contributed by atoms with E-state index in [9.17, 15) is 0 Å². The molecule has 0 saturated heterocycles. The highest BCUT2D eigenvalue weighted by molar-refractivity contribution is 6.32. The number of nitrogens with zero attached hydrogens (tertiary/aromatic N) is 3. The summed E-state index contributed by atoms with van der Waals surface area (Å²) in [6, 6.07) is 13.8. The number of carbonyl (C=O) groups is 1. The number of fused-ring (bicyclic) bond motifs is 1. The van der Waals surface area contributed by atoms with Crippen LogP contribution in [0.5, 0.6) is 5.75 Å². The molecule has 0 atom stereocenters. The molecular weight excluding hydrogens is 430 g/mol. The summed E-state index contributed by atoms with van der Waals surface area (Å²) in [5.74, 6) is 2.20. The van der Waals surface area contributed by atoms with Crippen molar-refractivity contribution in [2.24, 2.45) is 5.92 Å². The molecule has 0 radical (unpaired) electrons. The number of benzene rings is 2. The Labute approximate surface area is 191 Å². The highest BCUT2D eigenvalue weighted by atomic mass is 35.5. The van der Waals surface area contributed by atoms with Crippen molar-refractivity contribution >= 4 is 29.0 Å². The lowest BCUT2D eigenvalue weighted by atomic mass is 10.1. The molecule has 0 unspecified atom stereocenters. The molecule has 0 amide bonds. The summed E-state index contributed by atoms with van der Waals surface area (Å²) in [6.45, 7) is 9.06. The normalized spacial score (nSPS) is 11.0. The second-order valence-electron chi connectivity index (χ2n) is 7.94. The van der Waals surface area contributed by atoms with Gasteiger partial charge in [-0.25, -0.2) is 0 Å². The molecule has 2 aromatic carbocycles. The molecule has 0 saturated carbocycles. The first-order valence-corrected chi connectivity index (χ1v) is 10.7. The van der Waals surface area contributed by atoms with Crippen LogP contribution in [-0.2, 0) is 11.3 Å². The topological polar surface area (TPSA) is 90.4 Å². The van der Waals surface area contributed by atoms with Gasteiger partial charge in [-0.15, -0.1) is 0 Å². The number of aromatic nitrogens is 3. The van der Waals surface area contributed by atoms with Crippen molar-refractivity contribution in [3.63, 3.8) is 0 Å². The maximum Gasteiger partial charge on any atom is 0.290 e. The molecular formula is C24H26ClN3O4. The highest BCUT2D eigenvalue weighted by Gasteiger charge is 2.16. The first kappa shape index (κ1) is 23.3.